The first-order valence-electron chi connectivity index (χ1n) is 11.1. The maximum atomic E-state index is 13.1. The Bertz CT molecular complexity index is 1150. The lowest BCUT2D eigenvalue weighted by Gasteiger charge is -2.50. The number of anilines is 1. The Hall–Kier alpha value is -2.21. The number of imidazole rings is 1. The van der Waals surface area contributed by atoms with Gasteiger partial charge in [0.05, 0.1) is 42.5 Å². The van der Waals surface area contributed by atoms with Gasteiger partial charge >= 0.3 is 6.18 Å². The molecule has 6 heterocycles. The second kappa shape index (κ2) is 7.93. The highest BCUT2D eigenvalue weighted by Crippen LogP contribution is 2.39. The van der Waals surface area contributed by atoms with Crippen molar-refractivity contribution in [3.63, 3.8) is 0 Å². The number of halogens is 3. The third-order valence-electron chi connectivity index (χ3n) is 6.90. The van der Waals surface area contributed by atoms with Crippen molar-refractivity contribution in [1.29, 1.82) is 0 Å². The summed E-state index contributed by atoms with van der Waals surface area (Å²) in [5, 5.41) is 4.77. The van der Waals surface area contributed by atoms with Crippen LogP contribution in [0.1, 0.15) is 17.7 Å². The van der Waals surface area contributed by atoms with Crippen LogP contribution in [0.3, 0.4) is 0 Å². The molecule has 0 amide bonds. The molecule has 0 N–H and O–H groups in total. The van der Waals surface area contributed by atoms with Crippen molar-refractivity contribution >= 4 is 22.8 Å². The molecule has 6 rings (SSSR count). The lowest BCUT2D eigenvalue weighted by molar-refractivity contribution is -0.134. The van der Waals surface area contributed by atoms with Gasteiger partial charge in [0.1, 0.15) is 16.4 Å². The topological polar surface area (TPSA) is 55.1 Å². The van der Waals surface area contributed by atoms with Crippen molar-refractivity contribution in [3.8, 4) is 10.6 Å². The molecular weight excluding hydrogens is 455 g/mol. The lowest BCUT2D eigenvalue weighted by Crippen LogP contribution is -2.60. The van der Waals surface area contributed by atoms with Crippen molar-refractivity contribution < 1.29 is 22.6 Å². The van der Waals surface area contributed by atoms with Crippen molar-refractivity contribution in [2.75, 3.05) is 50.9 Å². The molecule has 7 nitrogen and oxygen atoms in total. The van der Waals surface area contributed by atoms with Gasteiger partial charge in [0.2, 0.25) is 0 Å². The molecule has 3 fully saturated rings. The Morgan fingerprint density at radius 2 is 1.88 bits per heavy atom. The molecule has 3 saturated heterocycles. The lowest BCUT2D eigenvalue weighted by atomic mass is 9.88. The number of ether oxygens (including phenoxy) is 2. The van der Waals surface area contributed by atoms with Crippen LogP contribution in [-0.2, 0) is 15.7 Å². The monoisotopic (exact) mass is 479 g/mol. The Labute approximate surface area is 192 Å². The maximum Gasteiger partial charge on any atom is 0.425 e. The average molecular weight is 480 g/mol. The van der Waals surface area contributed by atoms with Crippen LogP contribution in [0.4, 0.5) is 19.0 Å². The fourth-order valence-electron chi connectivity index (χ4n) is 4.90. The predicted molar refractivity (Wildman–Crippen MR) is 118 cm³/mol. The normalized spacial score (nSPS) is 22.2. The molecule has 11 heteroatoms. The summed E-state index contributed by atoms with van der Waals surface area (Å²) in [6, 6.07) is 6.93. The number of hydrogen-bond donors (Lipinski definition) is 0. The van der Waals surface area contributed by atoms with Gasteiger partial charge in [-0.2, -0.15) is 13.2 Å². The van der Waals surface area contributed by atoms with Crippen LogP contribution in [0, 0.1) is 0 Å². The highest BCUT2D eigenvalue weighted by atomic mass is 32.1. The van der Waals surface area contributed by atoms with Gasteiger partial charge in [-0.1, -0.05) is 0 Å². The molecule has 176 valence electrons. The van der Waals surface area contributed by atoms with Gasteiger partial charge in [-0.25, -0.2) is 9.50 Å². The summed E-state index contributed by atoms with van der Waals surface area (Å²) >= 11 is 0.707. The van der Waals surface area contributed by atoms with E-state index in [1.54, 1.807) is 10.7 Å². The largest absolute Gasteiger partial charge is 0.425 e. The van der Waals surface area contributed by atoms with Crippen molar-refractivity contribution in [3.05, 3.63) is 35.3 Å². The molecule has 0 bridgehead atoms. The van der Waals surface area contributed by atoms with E-state index < -0.39 is 11.1 Å². The number of alkyl halides is 3. The van der Waals surface area contributed by atoms with Crippen molar-refractivity contribution in [2.45, 2.75) is 30.7 Å². The molecule has 3 aromatic rings. The molecule has 0 aromatic carbocycles. The number of likely N-dealkylation sites (tertiary alicyclic amines) is 1. The average Bonchev–Trinajstić information content (AvgIpc) is 3.41. The summed E-state index contributed by atoms with van der Waals surface area (Å²) in [6.45, 7) is 5.75. The predicted octanol–water partition coefficient (Wildman–Crippen LogP) is 3.55. The van der Waals surface area contributed by atoms with E-state index in [0.717, 1.165) is 64.1 Å². The molecule has 0 atom stereocenters. The van der Waals surface area contributed by atoms with E-state index in [2.05, 4.69) is 14.8 Å². The summed E-state index contributed by atoms with van der Waals surface area (Å²) < 4.78 is 52.5. The molecule has 0 unspecified atom stereocenters. The number of hydrogen-bond acceptors (Lipinski definition) is 7. The van der Waals surface area contributed by atoms with E-state index in [1.807, 2.05) is 12.1 Å². The first kappa shape index (κ1) is 21.3. The fraction of sp³-hybridized carbons (Fsp3) is 0.545. The Balaban J connectivity index is 1.23. The van der Waals surface area contributed by atoms with E-state index in [0.29, 0.717) is 40.2 Å². The van der Waals surface area contributed by atoms with Gasteiger partial charge < -0.3 is 14.4 Å². The Kier molecular flexibility index (Phi) is 5.13. The summed E-state index contributed by atoms with van der Waals surface area (Å²) in [6.07, 6.45) is -0.841. The SMILES string of the molecule is FC(F)(F)c1ccc(-c2cnc3ccc(N4CCOC5(CCN(C6COC6)CC5)C4)nn23)s1. The molecule has 3 aromatic heterocycles. The third-order valence-corrected chi connectivity index (χ3v) is 8.06. The molecule has 1 spiro atoms. The first-order valence-corrected chi connectivity index (χ1v) is 11.9. The van der Waals surface area contributed by atoms with E-state index >= 15 is 0 Å². The number of thiophene rings is 1. The van der Waals surface area contributed by atoms with Crippen LogP contribution in [0.25, 0.3) is 16.2 Å². The zero-order valence-corrected chi connectivity index (χ0v) is 18.7. The molecule has 0 saturated carbocycles. The van der Waals surface area contributed by atoms with Crippen molar-refractivity contribution in [2.24, 2.45) is 0 Å². The zero-order chi connectivity index (χ0) is 22.6. The number of nitrogens with zero attached hydrogens (tertiary/aromatic N) is 5. The van der Waals surface area contributed by atoms with Crippen molar-refractivity contribution in [1.82, 2.24) is 19.5 Å². The molecule has 33 heavy (non-hydrogen) atoms. The third kappa shape index (κ3) is 3.90. The molecule has 0 radical (unpaired) electrons. The summed E-state index contributed by atoms with van der Waals surface area (Å²) in [5.41, 5.74) is 0.976. The summed E-state index contributed by atoms with van der Waals surface area (Å²) in [7, 11) is 0. The number of morpholine rings is 1. The molecule has 3 aliphatic heterocycles. The van der Waals surface area contributed by atoms with Crippen LogP contribution in [0.2, 0.25) is 0 Å². The molecular formula is C22H24F3N5O2S. The molecule has 3 aliphatic rings. The minimum atomic E-state index is -4.36. The second-order valence-corrected chi connectivity index (χ2v) is 10.0. The number of aromatic nitrogens is 3. The van der Waals surface area contributed by atoms with Crippen LogP contribution in [0.15, 0.2) is 30.5 Å². The number of piperidine rings is 1. The van der Waals surface area contributed by atoms with E-state index in [1.165, 1.54) is 6.07 Å². The van der Waals surface area contributed by atoms with Gasteiger partial charge in [0.25, 0.3) is 0 Å². The molecule has 0 aliphatic carbocycles. The summed E-state index contributed by atoms with van der Waals surface area (Å²) in [5.74, 6) is 0.784. The number of fused-ring (bicyclic) bond motifs is 1. The first-order chi connectivity index (χ1) is 15.9. The second-order valence-electron chi connectivity index (χ2n) is 8.95. The van der Waals surface area contributed by atoms with Crippen LogP contribution in [-0.4, -0.2) is 77.1 Å². The van der Waals surface area contributed by atoms with Gasteiger partial charge in [-0.15, -0.1) is 16.4 Å². The van der Waals surface area contributed by atoms with Crippen LogP contribution >= 0.6 is 11.3 Å². The zero-order valence-electron chi connectivity index (χ0n) is 17.9. The van der Waals surface area contributed by atoms with E-state index in [-0.39, 0.29) is 5.60 Å². The van der Waals surface area contributed by atoms with E-state index in [9.17, 15) is 13.2 Å². The highest BCUT2D eigenvalue weighted by Gasteiger charge is 2.42. The van der Waals surface area contributed by atoms with E-state index in [4.69, 9.17) is 14.6 Å². The fourth-order valence-corrected chi connectivity index (χ4v) is 5.77. The quantitative estimate of drug-likeness (QED) is 0.573. The minimum absolute atomic E-state index is 0.191. The minimum Gasteiger partial charge on any atom is -0.378 e. The van der Waals surface area contributed by atoms with Gasteiger partial charge in [0, 0.05) is 26.2 Å². The van der Waals surface area contributed by atoms with Crippen LogP contribution < -0.4 is 4.90 Å². The van der Waals surface area contributed by atoms with Gasteiger partial charge in [-0.3, -0.25) is 4.90 Å². The van der Waals surface area contributed by atoms with Gasteiger partial charge in [0.15, 0.2) is 5.65 Å². The summed E-state index contributed by atoms with van der Waals surface area (Å²) in [4.78, 5) is 8.93. The number of rotatable bonds is 3. The Morgan fingerprint density at radius 3 is 2.58 bits per heavy atom. The van der Waals surface area contributed by atoms with Gasteiger partial charge in [-0.05, 0) is 37.1 Å². The maximum absolute atomic E-state index is 13.1. The Morgan fingerprint density at radius 1 is 1.06 bits per heavy atom. The smallest absolute Gasteiger partial charge is 0.378 e. The standard InChI is InChI=1S/C22H24F3N5O2S/c23-22(24,25)18-2-1-17(33-18)16-11-26-19-3-4-20(27-30(16)19)29-9-10-32-21(14-29)5-7-28(8-6-21)15-12-31-13-15/h1-4,11,15H,5-10,12-14H2. The van der Waals surface area contributed by atoms with Crippen LogP contribution in [0.5, 0.6) is 0 Å². The highest BCUT2D eigenvalue weighted by molar-refractivity contribution is 7.15.